The third-order valence-corrected chi connectivity index (χ3v) is 6.06. The lowest BCUT2D eigenvalue weighted by Gasteiger charge is -2.14. The minimum atomic E-state index is -1.10. The lowest BCUT2D eigenvalue weighted by Crippen LogP contribution is -2.26. The fraction of sp³-hybridized carbons (Fsp3) is 0.344. The molecule has 3 N–H and O–H groups in total. The second kappa shape index (κ2) is 15.9. The lowest BCUT2D eigenvalue weighted by molar-refractivity contribution is -0.137. The maximum absolute atomic E-state index is 12.4. The Hall–Kier alpha value is -4.53. The van der Waals surface area contributed by atoms with Gasteiger partial charge in [0.1, 0.15) is 23.9 Å². The number of aliphatic carboxylic acids is 1. The van der Waals surface area contributed by atoms with Crippen LogP contribution in [0.1, 0.15) is 60.2 Å². The molecule has 1 amide bonds. The van der Waals surface area contributed by atoms with E-state index < -0.39 is 11.9 Å². The summed E-state index contributed by atoms with van der Waals surface area (Å²) < 4.78 is 17.7. The Balaban J connectivity index is 1.54. The molecule has 0 saturated carbocycles. The van der Waals surface area contributed by atoms with E-state index in [2.05, 4.69) is 5.32 Å². The number of aromatic carboxylic acids is 1. The quantitative estimate of drug-likeness (QED) is 0.189. The van der Waals surface area contributed by atoms with E-state index in [4.69, 9.17) is 19.3 Å². The molecule has 0 heterocycles. The molecule has 3 rings (SSSR count). The Morgan fingerprint density at radius 2 is 1.59 bits per heavy atom. The van der Waals surface area contributed by atoms with Gasteiger partial charge in [0.25, 0.3) is 0 Å². The molecule has 0 aliphatic carbocycles. The van der Waals surface area contributed by atoms with E-state index in [0.717, 1.165) is 22.6 Å². The number of aryl methyl sites for hydroxylation is 1. The molecule has 0 unspecified atom stereocenters. The Bertz CT molecular complexity index is 1300. The SMILES string of the molecule is CC(C)Oc1ccc(COc2ccccc2CCCOc2ccc(C(=O)O)cc2CC(=O)NCCCC(=O)O)cc1. The molecular weight excluding hydrogens is 526 g/mol. The number of para-hydroxylation sites is 1. The number of carbonyl (C=O) groups is 3. The van der Waals surface area contributed by atoms with Crippen molar-refractivity contribution < 1.29 is 38.8 Å². The van der Waals surface area contributed by atoms with Crippen molar-refractivity contribution in [2.45, 2.75) is 58.7 Å². The Labute approximate surface area is 240 Å². The van der Waals surface area contributed by atoms with Crippen molar-refractivity contribution >= 4 is 17.8 Å². The van der Waals surface area contributed by atoms with Gasteiger partial charge in [-0.1, -0.05) is 30.3 Å². The molecule has 0 bridgehead atoms. The number of amides is 1. The number of carbonyl (C=O) groups excluding carboxylic acids is 1. The van der Waals surface area contributed by atoms with Gasteiger partial charge in [0.15, 0.2) is 0 Å². The third-order valence-electron chi connectivity index (χ3n) is 6.06. The van der Waals surface area contributed by atoms with Crippen molar-refractivity contribution in [1.82, 2.24) is 5.32 Å². The zero-order valence-electron chi connectivity index (χ0n) is 23.4. The van der Waals surface area contributed by atoms with Crippen LogP contribution in [-0.2, 0) is 29.0 Å². The predicted molar refractivity (Wildman–Crippen MR) is 154 cm³/mol. The van der Waals surface area contributed by atoms with Crippen LogP contribution in [0.5, 0.6) is 17.2 Å². The molecule has 0 fully saturated rings. The first-order chi connectivity index (χ1) is 19.7. The van der Waals surface area contributed by atoms with Crippen molar-refractivity contribution in [1.29, 1.82) is 0 Å². The third kappa shape index (κ3) is 10.9. The number of hydrogen-bond donors (Lipinski definition) is 3. The van der Waals surface area contributed by atoms with Gasteiger partial charge in [-0.2, -0.15) is 0 Å². The predicted octanol–water partition coefficient (Wildman–Crippen LogP) is 5.29. The molecule has 218 valence electrons. The molecule has 9 heteroatoms. The highest BCUT2D eigenvalue weighted by Gasteiger charge is 2.14. The summed E-state index contributed by atoms with van der Waals surface area (Å²) in [6.07, 6.45) is 1.67. The van der Waals surface area contributed by atoms with Crippen LogP contribution < -0.4 is 19.5 Å². The average molecular weight is 564 g/mol. The number of hydrogen-bond acceptors (Lipinski definition) is 6. The molecule has 0 aliphatic rings. The van der Waals surface area contributed by atoms with Crippen molar-refractivity contribution in [2.24, 2.45) is 0 Å². The monoisotopic (exact) mass is 563 g/mol. The Kier molecular flexibility index (Phi) is 12.0. The minimum Gasteiger partial charge on any atom is -0.493 e. The van der Waals surface area contributed by atoms with Crippen LogP contribution in [0.25, 0.3) is 0 Å². The summed E-state index contributed by atoms with van der Waals surface area (Å²) in [4.78, 5) is 34.5. The van der Waals surface area contributed by atoms with Crippen LogP contribution in [0, 0.1) is 0 Å². The van der Waals surface area contributed by atoms with Crippen LogP contribution in [0.4, 0.5) is 0 Å². The first kappa shape index (κ1) is 31.0. The number of rotatable bonds is 17. The molecule has 3 aromatic rings. The van der Waals surface area contributed by atoms with Crippen LogP contribution >= 0.6 is 0 Å². The smallest absolute Gasteiger partial charge is 0.335 e. The number of carboxylic acids is 2. The first-order valence-electron chi connectivity index (χ1n) is 13.6. The van der Waals surface area contributed by atoms with E-state index in [1.807, 2.05) is 62.4 Å². The summed E-state index contributed by atoms with van der Waals surface area (Å²) in [6.45, 7) is 4.97. The number of ether oxygens (including phenoxy) is 3. The second-order valence-corrected chi connectivity index (χ2v) is 9.81. The van der Waals surface area contributed by atoms with Crippen LogP contribution in [-0.4, -0.2) is 47.3 Å². The van der Waals surface area contributed by atoms with Gasteiger partial charge in [-0.25, -0.2) is 4.79 Å². The molecule has 3 aromatic carbocycles. The molecule has 0 aliphatic heterocycles. The van der Waals surface area contributed by atoms with E-state index >= 15 is 0 Å². The molecule has 41 heavy (non-hydrogen) atoms. The number of carboxylic acid groups (broad SMARTS) is 2. The largest absolute Gasteiger partial charge is 0.493 e. The summed E-state index contributed by atoms with van der Waals surface area (Å²) >= 11 is 0. The molecule has 9 nitrogen and oxygen atoms in total. The van der Waals surface area contributed by atoms with Gasteiger partial charge in [0, 0.05) is 18.5 Å². The summed E-state index contributed by atoms with van der Waals surface area (Å²) in [6, 6.07) is 20.1. The van der Waals surface area contributed by atoms with E-state index in [9.17, 15) is 19.5 Å². The summed E-state index contributed by atoms with van der Waals surface area (Å²) in [5.74, 6) is -0.319. The van der Waals surface area contributed by atoms with Crippen molar-refractivity contribution in [3.05, 3.63) is 89.0 Å². The standard InChI is InChI=1S/C32H37NO8/c1-22(2)41-27-14-11-23(12-15-27)21-40-28-9-4-3-7-24(28)8-6-18-39-29-16-13-25(32(37)38)19-26(29)20-30(34)33-17-5-10-31(35)36/h3-4,7,9,11-16,19,22H,5-6,8,10,17-18,20-21H2,1-2H3,(H,33,34)(H,35,36)(H,37,38). The van der Waals surface area contributed by atoms with Crippen molar-refractivity contribution in [3.63, 3.8) is 0 Å². The van der Waals surface area contributed by atoms with Gasteiger partial charge in [0.05, 0.1) is 24.7 Å². The minimum absolute atomic E-state index is 0.0434. The van der Waals surface area contributed by atoms with Crippen molar-refractivity contribution in [2.75, 3.05) is 13.2 Å². The lowest BCUT2D eigenvalue weighted by atomic mass is 10.1. The topological polar surface area (TPSA) is 131 Å². The molecule has 0 aromatic heterocycles. The number of nitrogens with one attached hydrogen (secondary N) is 1. The van der Waals surface area contributed by atoms with E-state index in [1.54, 1.807) is 6.07 Å². The van der Waals surface area contributed by atoms with E-state index in [-0.39, 0.29) is 37.0 Å². The summed E-state index contributed by atoms with van der Waals surface area (Å²) in [5, 5.41) is 20.8. The zero-order chi connectivity index (χ0) is 29.6. The Morgan fingerprint density at radius 1 is 0.854 bits per heavy atom. The maximum Gasteiger partial charge on any atom is 0.335 e. The fourth-order valence-corrected chi connectivity index (χ4v) is 4.09. The van der Waals surface area contributed by atoms with Crippen LogP contribution in [0.2, 0.25) is 0 Å². The van der Waals surface area contributed by atoms with Gasteiger partial charge in [-0.3, -0.25) is 9.59 Å². The van der Waals surface area contributed by atoms with E-state index in [1.165, 1.54) is 12.1 Å². The van der Waals surface area contributed by atoms with Gasteiger partial charge in [-0.05, 0) is 80.6 Å². The van der Waals surface area contributed by atoms with Gasteiger partial charge in [-0.15, -0.1) is 0 Å². The highest BCUT2D eigenvalue weighted by molar-refractivity contribution is 5.89. The zero-order valence-corrected chi connectivity index (χ0v) is 23.4. The molecule has 0 spiro atoms. The number of benzene rings is 3. The van der Waals surface area contributed by atoms with Gasteiger partial charge < -0.3 is 29.7 Å². The second-order valence-electron chi connectivity index (χ2n) is 9.81. The fourth-order valence-electron chi connectivity index (χ4n) is 4.09. The summed E-state index contributed by atoms with van der Waals surface area (Å²) in [7, 11) is 0. The van der Waals surface area contributed by atoms with Crippen LogP contribution in [0.3, 0.4) is 0 Å². The highest BCUT2D eigenvalue weighted by atomic mass is 16.5. The Morgan fingerprint density at radius 3 is 2.29 bits per heavy atom. The van der Waals surface area contributed by atoms with Gasteiger partial charge in [0.2, 0.25) is 5.91 Å². The highest BCUT2D eigenvalue weighted by Crippen LogP contribution is 2.24. The molecule has 0 radical (unpaired) electrons. The molecule has 0 saturated heterocycles. The average Bonchev–Trinajstić information content (AvgIpc) is 2.93. The van der Waals surface area contributed by atoms with Crippen LogP contribution in [0.15, 0.2) is 66.7 Å². The summed E-state index contributed by atoms with van der Waals surface area (Å²) in [5.41, 5.74) is 2.58. The molecule has 0 atom stereocenters. The van der Waals surface area contributed by atoms with Crippen molar-refractivity contribution in [3.8, 4) is 17.2 Å². The molecular formula is C32H37NO8. The van der Waals surface area contributed by atoms with Gasteiger partial charge >= 0.3 is 11.9 Å². The maximum atomic E-state index is 12.4. The van der Waals surface area contributed by atoms with E-state index in [0.29, 0.717) is 43.8 Å². The normalized spacial score (nSPS) is 10.7. The first-order valence-corrected chi connectivity index (χ1v) is 13.6.